The number of nitrogen functional groups attached to an aromatic ring is 1. The predicted molar refractivity (Wildman–Crippen MR) is 73.5 cm³/mol. The molecule has 1 aromatic carbocycles. The number of rotatable bonds is 5. The second-order valence-electron chi connectivity index (χ2n) is 4.23. The van der Waals surface area contributed by atoms with Crippen molar-refractivity contribution in [2.24, 2.45) is 0 Å². The monoisotopic (exact) mass is 245 g/mol. The number of benzene rings is 1. The van der Waals surface area contributed by atoms with Crippen molar-refractivity contribution in [2.75, 3.05) is 12.8 Å². The first-order chi connectivity index (χ1) is 8.77. The van der Waals surface area contributed by atoms with Gasteiger partial charge in [-0.3, -0.25) is 0 Å². The van der Waals surface area contributed by atoms with Crippen molar-refractivity contribution >= 4 is 5.82 Å². The number of aromatic nitrogens is 2. The minimum atomic E-state index is 0.702. The highest BCUT2D eigenvalue weighted by Crippen LogP contribution is 2.32. The molecule has 0 fully saturated rings. The number of unbranched alkanes of at least 4 members (excludes halogenated alkanes) is 1. The Morgan fingerprint density at radius 2 is 2.11 bits per heavy atom. The fraction of sp³-hybridized carbons (Fsp3) is 0.357. The molecule has 1 heterocycles. The molecule has 96 valence electrons. The van der Waals surface area contributed by atoms with Crippen molar-refractivity contribution in [1.82, 2.24) is 9.55 Å². The summed E-state index contributed by atoms with van der Waals surface area (Å²) in [5, 5.41) is 0. The maximum atomic E-state index is 6.14. The summed E-state index contributed by atoms with van der Waals surface area (Å²) in [6, 6.07) is 7.79. The van der Waals surface area contributed by atoms with Gasteiger partial charge in [0.05, 0.1) is 13.4 Å². The molecule has 2 rings (SSSR count). The Balaban J connectivity index is 2.36. The number of nitrogens with two attached hydrogens (primary N) is 1. The molecule has 1 aromatic heterocycles. The number of hydrogen-bond donors (Lipinski definition) is 1. The Morgan fingerprint density at radius 1 is 1.33 bits per heavy atom. The van der Waals surface area contributed by atoms with Gasteiger partial charge in [-0.1, -0.05) is 25.5 Å². The van der Waals surface area contributed by atoms with Crippen LogP contribution in [0, 0.1) is 0 Å². The van der Waals surface area contributed by atoms with Crippen LogP contribution in [0.1, 0.15) is 19.8 Å². The lowest BCUT2D eigenvalue weighted by Crippen LogP contribution is -2.02. The molecule has 0 radical (unpaired) electrons. The Hall–Kier alpha value is -1.97. The topological polar surface area (TPSA) is 53.1 Å². The van der Waals surface area contributed by atoms with E-state index in [4.69, 9.17) is 10.5 Å². The lowest BCUT2D eigenvalue weighted by Gasteiger charge is -2.08. The molecule has 0 aliphatic rings. The van der Waals surface area contributed by atoms with Crippen LogP contribution in [0.5, 0.6) is 5.75 Å². The first kappa shape index (κ1) is 12.5. The van der Waals surface area contributed by atoms with Gasteiger partial charge in [-0.25, -0.2) is 4.98 Å². The van der Waals surface area contributed by atoms with Gasteiger partial charge in [-0.2, -0.15) is 0 Å². The van der Waals surface area contributed by atoms with Crippen molar-refractivity contribution in [3.8, 4) is 17.0 Å². The number of anilines is 1. The Labute approximate surface area is 107 Å². The summed E-state index contributed by atoms with van der Waals surface area (Å²) in [6.45, 7) is 3.07. The van der Waals surface area contributed by atoms with Crippen LogP contribution in [-0.4, -0.2) is 16.7 Å². The summed E-state index contributed by atoms with van der Waals surface area (Å²) in [5.41, 5.74) is 7.88. The van der Waals surface area contributed by atoms with E-state index in [1.165, 1.54) is 0 Å². The third-order valence-corrected chi connectivity index (χ3v) is 2.99. The van der Waals surface area contributed by atoms with Crippen LogP contribution in [0.25, 0.3) is 11.3 Å². The maximum absolute atomic E-state index is 6.14. The highest BCUT2D eigenvalue weighted by Gasteiger charge is 2.13. The molecule has 0 bridgehead atoms. The number of methoxy groups -OCH3 is 1. The minimum absolute atomic E-state index is 0.702. The number of nitrogens with zero attached hydrogens (tertiary/aromatic N) is 2. The number of ether oxygens (including phenoxy) is 1. The summed E-state index contributed by atoms with van der Waals surface area (Å²) in [6.07, 6.45) is 4.04. The maximum Gasteiger partial charge on any atom is 0.131 e. The molecular weight excluding hydrogens is 226 g/mol. The van der Waals surface area contributed by atoms with Crippen LogP contribution in [0.4, 0.5) is 5.82 Å². The second-order valence-corrected chi connectivity index (χ2v) is 4.23. The third-order valence-electron chi connectivity index (χ3n) is 2.99. The molecule has 4 heteroatoms. The van der Waals surface area contributed by atoms with Crippen molar-refractivity contribution < 1.29 is 4.74 Å². The Kier molecular flexibility index (Phi) is 3.87. The van der Waals surface area contributed by atoms with Gasteiger partial charge in [-0.15, -0.1) is 0 Å². The molecule has 0 saturated carbocycles. The number of hydrogen-bond acceptors (Lipinski definition) is 3. The Bertz CT molecular complexity index is 520. The molecule has 2 aromatic rings. The molecule has 0 unspecified atom stereocenters. The van der Waals surface area contributed by atoms with E-state index in [1.807, 2.05) is 28.8 Å². The summed E-state index contributed by atoms with van der Waals surface area (Å²) < 4.78 is 7.33. The summed E-state index contributed by atoms with van der Waals surface area (Å²) >= 11 is 0. The van der Waals surface area contributed by atoms with E-state index in [9.17, 15) is 0 Å². The van der Waals surface area contributed by atoms with Crippen molar-refractivity contribution in [3.05, 3.63) is 30.6 Å². The lowest BCUT2D eigenvalue weighted by atomic mass is 10.1. The van der Waals surface area contributed by atoms with Crippen LogP contribution in [0.2, 0.25) is 0 Å². The zero-order valence-electron chi connectivity index (χ0n) is 10.9. The average Bonchev–Trinajstić information content (AvgIpc) is 2.77. The SMILES string of the molecule is CCCCn1cnc(-c2ccccc2OC)c1N. The summed E-state index contributed by atoms with van der Waals surface area (Å²) in [4.78, 5) is 4.41. The first-order valence-corrected chi connectivity index (χ1v) is 6.22. The molecule has 18 heavy (non-hydrogen) atoms. The zero-order chi connectivity index (χ0) is 13.0. The van der Waals surface area contributed by atoms with Crippen molar-refractivity contribution in [2.45, 2.75) is 26.3 Å². The van der Waals surface area contributed by atoms with E-state index >= 15 is 0 Å². The van der Waals surface area contributed by atoms with Crippen molar-refractivity contribution in [3.63, 3.8) is 0 Å². The van der Waals surface area contributed by atoms with E-state index < -0.39 is 0 Å². The molecule has 0 aliphatic carbocycles. The van der Waals surface area contributed by atoms with Crippen LogP contribution < -0.4 is 10.5 Å². The highest BCUT2D eigenvalue weighted by atomic mass is 16.5. The first-order valence-electron chi connectivity index (χ1n) is 6.22. The molecular formula is C14H19N3O. The summed E-state index contributed by atoms with van der Waals surface area (Å²) in [5.74, 6) is 1.50. The van der Waals surface area contributed by atoms with Gasteiger partial charge in [0.25, 0.3) is 0 Å². The molecule has 0 saturated heterocycles. The van der Waals surface area contributed by atoms with Crippen molar-refractivity contribution in [1.29, 1.82) is 0 Å². The molecule has 0 spiro atoms. The number of aryl methyl sites for hydroxylation is 1. The summed E-state index contributed by atoms with van der Waals surface area (Å²) in [7, 11) is 1.66. The molecule has 0 atom stereocenters. The number of para-hydroxylation sites is 1. The molecule has 4 nitrogen and oxygen atoms in total. The fourth-order valence-electron chi connectivity index (χ4n) is 1.95. The zero-order valence-corrected chi connectivity index (χ0v) is 10.9. The van der Waals surface area contributed by atoms with Gasteiger partial charge in [0.1, 0.15) is 17.3 Å². The van der Waals surface area contributed by atoms with Gasteiger partial charge in [0.2, 0.25) is 0 Å². The lowest BCUT2D eigenvalue weighted by molar-refractivity contribution is 0.416. The van der Waals surface area contributed by atoms with Gasteiger partial charge in [0.15, 0.2) is 0 Å². The minimum Gasteiger partial charge on any atom is -0.496 e. The van der Waals surface area contributed by atoms with Crippen LogP contribution in [-0.2, 0) is 6.54 Å². The van der Waals surface area contributed by atoms with E-state index in [2.05, 4.69) is 11.9 Å². The van der Waals surface area contributed by atoms with Gasteiger partial charge < -0.3 is 15.0 Å². The standard InChI is InChI=1S/C14H19N3O/c1-3-4-9-17-10-16-13(14(17)15)11-7-5-6-8-12(11)18-2/h5-8,10H,3-4,9,15H2,1-2H3. The normalized spacial score (nSPS) is 10.6. The average molecular weight is 245 g/mol. The molecule has 2 N–H and O–H groups in total. The van der Waals surface area contributed by atoms with Crippen LogP contribution in [0.3, 0.4) is 0 Å². The highest BCUT2D eigenvalue weighted by molar-refractivity contribution is 5.75. The second kappa shape index (κ2) is 5.58. The van der Waals surface area contributed by atoms with Gasteiger partial charge in [0, 0.05) is 12.1 Å². The van der Waals surface area contributed by atoms with Gasteiger partial charge >= 0.3 is 0 Å². The predicted octanol–water partition coefficient (Wildman–Crippen LogP) is 2.94. The third kappa shape index (κ3) is 2.32. The van der Waals surface area contributed by atoms with E-state index in [0.717, 1.165) is 36.4 Å². The van der Waals surface area contributed by atoms with Crippen LogP contribution in [0.15, 0.2) is 30.6 Å². The molecule has 0 aliphatic heterocycles. The Morgan fingerprint density at radius 3 is 2.83 bits per heavy atom. The van der Waals surface area contributed by atoms with E-state index in [-0.39, 0.29) is 0 Å². The molecule has 0 amide bonds. The number of imidazole rings is 1. The quantitative estimate of drug-likeness (QED) is 0.881. The smallest absolute Gasteiger partial charge is 0.131 e. The van der Waals surface area contributed by atoms with Gasteiger partial charge in [-0.05, 0) is 18.6 Å². The fourth-order valence-corrected chi connectivity index (χ4v) is 1.95. The largest absolute Gasteiger partial charge is 0.496 e. The van der Waals surface area contributed by atoms with Crippen LogP contribution >= 0.6 is 0 Å². The van der Waals surface area contributed by atoms with E-state index in [0.29, 0.717) is 5.82 Å². The van der Waals surface area contributed by atoms with E-state index in [1.54, 1.807) is 13.4 Å².